The number of carbonyl (C=O) groups is 1. The molecule has 0 bridgehead atoms. The second-order valence-electron chi connectivity index (χ2n) is 13.1. The highest BCUT2D eigenvalue weighted by molar-refractivity contribution is 6.56. The molecule has 1 fully saturated rings. The molecule has 0 saturated carbocycles. The van der Waals surface area contributed by atoms with Crippen molar-refractivity contribution in [3.05, 3.63) is 100 Å². The number of rotatable bonds is 6. The lowest BCUT2D eigenvalue weighted by molar-refractivity contribution is 0.00578. The normalized spacial score (nSPS) is 18.8. The number of nitrogens with one attached hydrogen (secondary N) is 2. The number of benzene rings is 3. The van der Waals surface area contributed by atoms with E-state index in [9.17, 15) is 4.79 Å². The van der Waals surface area contributed by atoms with Gasteiger partial charge in [-0.15, -0.1) is 0 Å². The van der Waals surface area contributed by atoms with Gasteiger partial charge in [-0.3, -0.25) is 0 Å². The zero-order chi connectivity index (χ0) is 29.8. The third-order valence-electron chi connectivity index (χ3n) is 9.81. The molecule has 0 spiro atoms. The van der Waals surface area contributed by atoms with Crippen molar-refractivity contribution in [2.45, 2.75) is 70.5 Å². The molecule has 3 aliphatic rings. The van der Waals surface area contributed by atoms with Crippen molar-refractivity contribution in [1.29, 1.82) is 0 Å². The van der Waals surface area contributed by atoms with Crippen molar-refractivity contribution in [3.63, 3.8) is 0 Å². The summed E-state index contributed by atoms with van der Waals surface area (Å²) in [6.07, 6.45) is 6.31. The Labute approximate surface area is 254 Å². The van der Waals surface area contributed by atoms with Gasteiger partial charge < -0.3 is 24.3 Å². The Hall–Kier alpha value is -3.81. The van der Waals surface area contributed by atoms with Gasteiger partial charge in [0.1, 0.15) is 6.61 Å². The number of alkyl carbamates (subject to hydrolysis) is 1. The molecule has 1 aliphatic heterocycles. The standard InChI is InChI=1S/C36H39BN2O4/c1-35(2)36(3,4)43-37(42-35)24(19-23-17-18-33-30(20-23)29-15-9-10-16-32(29)39-33)21-38-34(40)41-22-31-27-13-7-5-11-25(27)26-12-6-8-14-28(26)31/h5-8,11-14,17-20,31,39H,9-10,15-16,21-22H2,1-4H3,(H,38,40). The zero-order valence-corrected chi connectivity index (χ0v) is 25.5. The third kappa shape index (κ3) is 5.09. The van der Waals surface area contributed by atoms with E-state index < -0.39 is 24.4 Å². The van der Waals surface area contributed by atoms with Crippen molar-refractivity contribution in [2.75, 3.05) is 13.2 Å². The summed E-state index contributed by atoms with van der Waals surface area (Å²) in [4.78, 5) is 16.7. The van der Waals surface area contributed by atoms with Gasteiger partial charge in [-0.1, -0.05) is 60.7 Å². The Balaban J connectivity index is 1.11. The van der Waals surface area contributed by atoms with Crippen molar-refractivity contribution in [1.82, 2.24) is 10.3 Å². The van der Waals surface area contributed by atoms with E-state index >= 15 is 0 Å². The molecule has 7 rings (SSSR count). The second-order valence-corrected chi connectivity index (χ2v) is 13.1. The number of amides is 1. The van der Waals surface area contributed by atoms with E-state index in [1.807, 2.05) is 39.8 Å². The SMILES string of the molecule is CC1(C)OB(C(=Cc2ccc3[nH]c4c(c3c2)CCCC4)CNC(=O)OCC2c3ccccc3-c3ccccc32)OC1(C)C. The van der Waals surface area contributed by atoms with Gasteiger partial charge >= 0.3 is 13.2 Å². The minimum Gasteiger partial charge on any atom is -0.449 e. The lowest BCUT2D eigenvalue weighted by Crippen LogP contribution is -2.41. The van der Waals surface area contributed by atoms with Gasteiger partial charge in [0.25, 0.3) is 0 Å². The minimum atomic E-state index is -0.588. The van der Waals surface area contributed by atoms with E-state index in [0.29, 0.717) is 0 Å². The van der Waals surface area contributed by atoms with E-state index in [0.717, 1.165) is 23.9 Å². The van der Waals surface area contributed by atoms with E-state index in [2.05, 4.69) is 71.0 Å². The van der Waals surface area contributed by atoms with Crippen LogP contribution in [0.3, 0.4) is 0 Å². The average molecular weight is 575 g/mol. The van der Waals surface area contributed by atoms with Gasteiger partial charge in [0.15, 0.2) is 0 Å². The van der Waals surface area contributed by atoms with Crippen molar-refractivity contribution < 1.29 is 18.8 Å². The first-order valence-electron chi connectivity index (χ1n) is 15.5. The topological polar surface area (TPSA) is 72.6 Å². The number of aromatic nitrogens is 1. The fraction of sp³-hybridized carbons (Fsp3) is 0.361. The molecular formula is C36H39BN2O4. The molecule has 2 heterocycles. The zero-order valence-electron chi connectivity index (χ0n) is 25.5. The quantitative estimate of drug-likeness (QED) is 0.233. The summed E-state index contributed by atoms with van der Waals surface area (Å²) >= 11 is 0. The van der Waals surface area contributed by atoms with Crippen LogP contribution in [0.1, 0.15) is 74.4 Å². The van der Waals surface area contributed by atoms with E-state index in [-0.39, 0.29) is 19.1 Å². The summed E-state index contributed by atoms with van der Waals surface area (Å²) in [6.45, 7) is 8.69. The molecule has 7 heteroatoms. The lowest BCUT2D eigenvalue weighted by Gasteiger charge is -2.32. The largest absolute Gasteiger partial charge is 0.492 e. The summed E-state index contributed by atoms with van der Waals surface area (Å²) in [5, 5.41) is 4.27. The molecule has 43 heavy (non-hydrogen) atoms. The minimum absolute atomic E-state index is 0.00951. The fourth-order valence-electron chi connectivity index (χ4n) is 6.75. The third-order valence-corrected chi connectivity index (χ3v) is 9.81. The second kappa shape index (κ2) is 10.7. The number of fused-ring (bicyclic) bond motifs is 6. The first-order chi connectivity index (χ1) is 20.7. The fourth-order valence-corrected chi connectivity index (χ4v) is 6.75. The molecule has 1 aromatic heterocycles. The number of hydrogen-bond donors (Lipinski definition) is 2. The van der Waals surface area contributed by atoms with Crippen LogP contribution in [0.2, 0.25) is 0 Å². The molecule has 2 aliphatic carbocycles. The molecule has 0 radical (unpaired) electrons. The smallest absolute Gasteiger partial charge is 0.449 e. The van der Waals surface area contributed by atoms with Crippen LogP contribution < -0.4 is 5.32 Å². The van der Waals surface area contributed by atoms with Crippen LogP contribution in [0, 0.1) is 0 Å². The maximum absolute atomic E-state index is 13.1. The van der Waals surface area contributed by atoms with Crippen LogP contribution >= 0.6 is 0 Å². The number of carbonyl (C=O) groups excluding carboxylic acids is 1. The van der Waals surface area contributed by atoms with E-state index in [4.69, 9.17) is 14.0 Å². The van der Waals surface area contributed by atoms with Gasteiger partial charge in [-0.25, -0.2) is 4.79 Å². The van der Waals surface area contributed by atoms with Gasteiger partial charge in [0.2, 0.25) is 0 Å². The number of hydrogen-bond acceptors (Lipinski definition) is 4. The molecule has 2 N–H and O–H groups in total. The van der Waals surface area contributed by atoms with Crippen LogP contribution in [0.25, 0.3) is 28.1 Å². The molecule has 3 aromatic carbocycles. The molecule has 4 aromatic rings. The highest BCUT2D eigenvalue weighted by atomic mass is 16.7. The van der Waals surface area contributed by atoms with Gasteiger partial charge in [-0.2, -0.15) is 0 Å². The maximum Gasteiger partial charge on any atom is 0.492 e. The number of ether oxygens (including phenoxy) is 1. The van der Waals surface area contributed by atoms with Crippen LogP contribution in [-0.2, 0) is 26.9 Å². The van der Waals surface area contributed by atoms with E-state index in [1.165, 1.54) is 57.3 Å². The molecule has 220 valence electrons. The number of aryl methyl sites for hydroxylation is 2. The van der Waals surface area contributed by atoms with Crippen LogP contribution in [-0.4, -0.2) is 42.5 Å². The van der Waals surface area contributed by atoms with Gasteiger partial charge in [0.05, 0.1) is 11.2 Å². The summed E-state index contributed by atoms with van der Waals surface area (Å²) in [7, 11) is -0.588. The monoisotopic (exact) mass is 574 g/mol. The molecule has 1 amide bonds. The Morgan fingerprint density at radius 3 is 2.30 bits per heavy atom. The molecule has 6 nitrogen and oxygen atoms in total. The molecule has 1 saturated heterocycles. The summed E-state index contributed by atoms with van der Waals surface area (Å²) in [6, 6.07) is 23.2. The van der Waals surface area contributed by atoms with Crippen molar-refractivity contribution >= 4 is 30.2 Å². The molecular weight excluding hydrogens is 535 g/mol. The first-order valence-corrected chi connectivity index (χ1v) is 15.5. The first kappa shape index (κ1) is 28.0. The van der Waals surface area contributed by atoms with Crippen molar-refractivity contribution in [3.8, 4) is 11.1 Å². The molecule has 0 atom stereocenters. The number of H-pyrrole nitrogens is 1. The Morgan fingerprint density at radius 1 is 0.953 bits per heavy atom. The van der Waals surface area contributed by atoms with Crippen LogP contribution in [0.4, 0.5) is 4.79 Å². The molecule has 0 unspecified atom stereocenters. The lowest BCUT2D eigenvalue weighted by atomic mass is 9.77. The van der Waals surface area contributed by atoms with Gasteiger partial charge in [-0.05, 0) is 104 Å². The van der Waals surface area contributed by atoms with Crippen LogP contribution in [0.15, 0.2) is 72.2 Å². The Kier molecular flexibility index (Phi) is 6.98. The Morgan fingerprint density at radius 2 is 1.60 bits per heavy atom. The maximum atomic E-state index is 13.1. The van der Waals surface area contributed by atoms with Crippen LogP contribution in [0.5, 0.6) is 0 Å². The average Bonchev–Trinajstić information content (AvgIpc) is 3.60. The highest BCUT2D eigenvalue weighted by Crippen LogP contribution is 2.44. The predicted octanol–water partition coefficient (Wildman–Crippen LogP) is 7.60. The van der Waals surface area contributed by atoms with Gasteiger partial charge in [0, 0.05) is 29.1 Å². The Bertz CT molecular complexity index is 1670. The van der Waals surface area contributed by atoms with E-state index in [1.54, 1.807) is 0 Å². The number of aromatic amines is 1. The highest BCUT2D eigenvalue weighted by Gasteiger charge is 2.52. The summed E-state index contributed by atoms with van der Waals surface area (Å²) in [5.41, 5.74) is 9.68. The predicted molar refractivity (Wildman–Crippen MR) is 172 cm³/mol. The summed E-state index contributed by atoms with van der Waals surface area (Å²) in [5.74, 6) is 0.00951. The van der Waals surface area contributed by atoms with Crippen molar-refractivity contribution in [2.24, 2.45) is 0 Å². The summed E-state index contributed by atoms with van der Waals surface area (Å²) < 4.78 is 18.7.